The topological polar surface area (TPSA) is 51.4 Å². The third-order valence-corrected chi connectivity index (χ3v) is 4.82. The van der Waals surface area contributed by atoms with Crippen molar-refractivity contribution in [2.24, 2.45) is 5.73 Å². The van der Waals surface area contributed by atoms with Gasteiger partial charge in [0.25, 0.3) is 0 Å². The summed E-state index contributed by atoms with van der Waals surface area (Å²) >= 11 is 0. The molecule has 2 N–H and O–H groups in total. The van der Waals surface area contributed by atoms with Crippen molar-refractivity contribution >= 4 is 10.9 Å². The lowest BCUT2D eigenvalue weighted by molar-refractivity contribution is 0.103. The quantitative estimate of drug-likeness (QED) is 0.847. The standard InChI is InChI=1S/C20H29N3O/c1-2-3-5-16-14-17-6-4-10-22-20(17)19(15-16)24-18-7-11-23(12-8-18)13-9-21/h4,6,10,14-15,18H,2-3,5,7-9,11-13,21H2,1H3. The Morgan fingerprint density at radius 2 is 2.12 bits per heavy atom. The maximum Gasteiger partial charge on any atom is 0.146 e. The highest BCUT2D eigenvalue weighted by atomic mass is 16.5. The van der Waals surface area contributed by atoms with Gasteiger partial charge >= 0.3 is 0 Å². The van der Waals surface area contributed by atoms with Crippen LogP contribution in [0, 0.1) is 0 Å². The van der Waals surface area contributed by atoms with Gasteiger partial charge in [-0.2, -0.15) is 0 Å². The highest BCUT2D eigenvalue weighted by molar-refractivity contribution is 5.85. The Labute approximate surface area is 145 Å². The normalized spacial score (nSPS) is 16.6. The van der Waals surface area contributed by atoms with E-state index in [4.69, 9.17) is 10.5 Å². The summed E-state index contributed by atoms with van der Waals surface area (Å²) in [6.07, 6.45) is 7.78. The summed E-state index contributed by atoms with van der Waals surface area (Å²) in [5, 5.41) is 1.18. The molecule has 4 nitrogen and oxygen atoms in total. The Balaban J connectivity index is 1.75. The van der Waals surface area contributed by atoms with Crippen molar-refractivity contribution in [2.75, 3.05) is 26.2 Å². The van der Waals surface area contributed by atoms with Gasteiger partial charge in [0.05, 0.1) is 0 Å². The molecule has 0 radical (unpaired) electrons. The molecule has 0 atom stereocenters. The number of aryl methyl sites for hydroxylation is 1. The Morgan fingerprint density at radius 1 is 1.29 bits per heavy atom. The number of unbranched alkanes of at least 4 members (excludes halogenated alkanes) is 1. The fraction of sp³-hybridized carbons (Fsp3) is 0.550. The fourth-order valence-electron chi connectivity index (χ4n) is 3.45. The first kappa shape index (κ1) is 17.2. The minimum atomic E-state index is 0.283. The number of nitrogens with two attached hydrogens (primary N) is 1. The lowest BCUT2D eigenvalue weighted by atomic mass is 10.0. The van der Waals surface area contributed by atoms with Gasteiger partial charge in [-0.1, -0.05) is 19.4 Å². The van der Waals surface area contributed by atoms with Crippen LogP contribution in [0.15, 0.2) is 30.5 Å². The van der Waals surface area contributed by atoms with Crippen LogP contribution < -0.4 is 10.5 Å². The third kappa shape index (κ3) is 4.25. The van der Waals surface area contributed by atoms with Gasteiger partial charge in [0.15, 0.2) is 0 Å². The average molecular weight is 327 g/mol. The molecule has 1 aromatic heterocycles. The van der Waals surface area contributed by atoms with Gasteiger partial charge in [-0.15, -0.1) is 0 Å². The molecule has 4 heteroatoms. The number of fused-ring (bicyclic) bond motifs is 1. The van der Waals surface area contributed by atoms with E-state index in [-0.39, 0.29) is 6.10 Å². The second-order valence-corrected chi connectivity index (χ2v) is 6.72. The van der Waals surface area contributed by atoms with Gasteiger partial charge in [0.2, 0.25) is 0 Å². The summed E-state index contributed by atoms with van der Waals surface area (Å²) in [5.41, 5.74) is 8.00. The number of pyridine rings is 1. The highest BCUT2D eigenvalue weighted by Crippen LogP contribution is 2.29. The second kappa shape index (κ2) is 8.45. The van der Waals surface area contributed by atoms with E-state index in [0.29, 0.717) is 0 Å². The molecule has 1 aliphatic heterocycles. The summed E-state index contributed by atoms with van der Waals surface area (Å²) in [7, 11) is 0. The smallest absolute Gasteiger partial charge is 0.146 e. The van der Waals surface area contributed by atoms with Crippen LogP contribution in [0.5, 0.6) is 5.75 Å². The largest absolute Gasteiger partial charge is 0.488 e. The minimum absolute atomic E-state index is 0.283. The summed E-state index contributed by atoms with van der Waals surface area (Å²) in [6.45, 7) is 6.10. The molecule has 0 spiro atoms. The van der Waals surface area contributed by atoms with Gasteiger partial charge in [-0.3, -0.25) is 4.98 Å². The average Bonchev–Trinajstić information content (AvgIpc) is 2.62. The Hall–Kier alpha value is -1.65. The summed E-state index contributed by atoms with van der Waals surface area (Å²) in [5.74, 6) is 0.955. The zero-order valence-corrected chi connectivity index (χ0v) is 14.7. The van der Waals surface area contributed by atoms with Crippen molar-refractivity contribution in [3.8, 4) is 5.75 Å². The summed E-state index contributed by atoms with van der Waals surface area (Å²) < 4.78 is 6.40. The molecule has 1 fully saturated rings. The Morgan fingerprint density at radius 3 is 2.88 bits per heavy atom. The van der Waals surface area contributed by atoms with Crippen LogP contribution in [0.3, 0.4) is 0 Å². The predicted molar refractivity (Wildman–Crippen MR) is 99.5 cm³/mol. The van der Waals surface area contributed by atoms with E-state index in [1.807, 2.05) is 12.3 Å². The van der Waals surface area contributed by atoms with E-state index in [9.17, 15) is 0 Å². The maximum absolute atomic E-state index is 6.40. The van der Waals surface area contributed by atoms with Crippen molar-refractivity contribution in [1.29, 1.82) is 0 Å². The van der Waals surface area contributed by atoms with Crippen molar-refractivity contribution in [2.45, 2.75) is 45.1 Å². The van der Waals surface area contributed by atoms with Crippen LogP contribution in [0.25, 0.3) is 10.9 Å². The molecule has 0 aliphatic carbocycles. The summed E-state index contributed by atoms with van der Waals surface area (Å²) in [6, 6.07) is 8.60. The number of hydrogen-bond donors (Lipinski definition) is 1. The van der Waals surface area contributed by atoms with E-state index >= 15 is 0 Å². The molecule has 1 aromatic carbocycles. The van der Waals surface area contributed by atoms with Crippen molar-refractivity contribution < 1.29 is 4.74 Å². The number of rotatable bonds is 7. The zero-order chi connectivity index (χ0) is 16.8. The lowest BCUT2D eigenvalue weighted by Crippen LogP contribution is -2.40. The molecule has 24 heavy (non-hydrogen) atoms. The first-order valence-electron chi connectivity index (χ1n) is 9.27. The number of likely N-dealkylation sites (tertiary alicyclic amines) is 1. The Kier molecular flexibility index (Phi) is 6.05. The van der Waals surface area contributed by atoms with Crippen molar-refractivity contribution in [3.05, 3.63) is 36.0 Å². The number of aromatic nitrogens is 1. The molecular formula is C20H29N3O. The number of benzene rings is 1. The minimum Gasteiger partial charge on any atom is -0.488 e. The molecule has 0 amide bonds. The van der Waals surface area contributed by atoms with Gasteiger partial charge in [-0.05, 0) is 49.4 Å². The third-order valence-electron chi connectivity index (χ3n) is 4.82. The lowest BCUT2D eigenvalue weighted by Gasteiger charge is -2.32. The first-order chi connectivity index (χ1) is 11.8. The van der Waals surface area contributed by atoms with E-state index in [0.717, 1.165) is 56.7 Å². The van der Waals surface area contributed by atoms with Gasteiger partial charge in [0, 0.05) is 37.8 Å². The molecule has 2 aromatic rings. The monoisotopic (exact) mass is 327 g/mol. The fourth-order valence-corrected chi connectivity index (χ4v) is 3.45. The van der Waals surface area contributed by atoms with E-state index in [1.54, 1.807) is 0 Å². The van der Waals surface area contributed by atoms with E-state index < -0.39 is 0 Å². The van der Waals surface area contributed by atoms with Gasteiger partial charge < -0.3 is 15.4 Å². The van der Waals surface area contributed by atoms with Crippen LogP contribution in [0.2, 0.25) is 0 Å². The first-order valence-corrected chi connectivity index (χ1v) is 9.27. The molecular weight excluding hydrogens is 298 g/mol. The molecule has 130 valence electrons. The SMILES string of the molecule is CCCCc1cc(OC2CCN(CCN)CC2)c2ncccc2c1. The molecule has 0 unspecified atom stereocenters. The molecule has 3 rings (SSSR count). The van der Waals surface area contributed by atoms with E-state index in [1.165, 1.54) is 23.8 Å². The Bertz CT molecular complexity index is 650. The molecule has 2 heterocycles. The van der Waals surface area contributed by atoms with Crippen molar-refractivity contribution in [1.82, 2.24) is 9.88 Å². The summed E-state index contributed by atoms with van der Waals surface area (Å²) in [4.78, 5) is 6.98. The van der Waals surface area contributed by atoms with E-state index in [2.05, 4.69) is 35.0 Å². The van der Waals surface area contributed by atoms with Crippen LogP contribution in [-0.4, -0.2) is 42.2 Å². The molecule has 0 saturated carbocycles. The molecule has 1 saturated heterocycles. The van der Waals surface area contributed by atoms with Crippen LogP contribution in [0.1, 0.15) is 38.2 Å². The number of nitrogens with zero attached hydrogens (tertiary/aromatic N) is 2. The highest BCUT2D eigenvalue weighted by Gasteiger charge is 2.21. The number of hydrogen-bond acceptors (Lipinski definition) is 4. The number of ether oxygens (including phenoxy) is 1. The van der Waals surface area contributed by atoms with Gasteiger partial charge in [0.1, 0.15) is 17.4 Å². The zero-order valence-electron chi connectivity index (χ0n) is 14.7. The molecule has 1 aliphatic rings. The van der Waals surface area contributed by atoms with Gasteiger partial charge in [-0.25, -0.2) is 0 Å². The maximum atomic E-state index is 6.40. The van der Waals surface area contributed by atoms with Crippen molar-refractivity contribution in [3.63, 3.8) is 0 Å². The predicted octanol–water partition coefficient (Wildman–Crippen LogP) is 3.38. The van der Waals surface area contributed by atoms with Crippen LogP contribution in [-0.2, 0) is 6.42 Å². The number of piperidine rings is 1. The molecule has 0 bridgehead atoms. The van der Waals surface area contributed by atoms with Crippen LogP contribution in [0.4, 0.5) is 0 Å². The second-order valence-electron chi connectivity index (χ2n) is 6.72. The van der Waals surface area contributed by atoms with Crippen LogP contribution >= 0.6 is 0 Å².